The molecular weight excluding hydrogens is 176 g/mol. The molecule has 74 valence electrons. The highest BCUT2D eigenvalue weighted by Gasteiger charge is 2.01. The number of rotatable bonds is 3. The Balaban J connectivity index is 2.73. The largest absolute Gasteiger partial charge is 0.427 e. The van der Waals surface area contributed by atoms with Crippen LogP contribution in [-0.2, 0) is 4.79 Å². The van der Waals surface area contributed by atoms with E-state index in [2.05, 4.69) is 6.58 Å². The molecule has 0 N–H and O–H groups in total. The molecule has 0 spiro atoms. The number of hydrogen-bond donors (Lipinski definition) is 0. The molecule has 0 saturated carbocycles. The summed E-state index contributed by atoms with van der Waals surface area (Å²) in [5, 5.41) is 0. The van der Waals surface area contributed by atoms with Gasteiger partial charge in [0.05, 0.1) is 0 Å². The summed E-state index contributed by atoms with van der Waals surface area (Å²) in [7, 11) is 0. The molecule has 1 rings (SSSR count). The Hall–Kier alpha value is -1.57. The molecule has 2 heteroatoms. The molecule has 0 radical (unpaired) electrons. The van der Waals surface area contributed by atoms with E-state index in [9.17, 15) is 4.79 Å². The van der Waals surface area contributed by atoms with Gasteiger partial charge in [0.15, 0.2) is 0 Å². The fourth-order valence-corrected chi connectivity index (χ4v) is 1.01. The molecule has 1 aromatic carbocycles. The van der Waals surface area contributed by atoms with Gasteiger partial charge in [-0.2, -0.15) is 0 Å². The molecule has 0 saturated heterocycles. The van der Waals surface area contributed by atoms with Crippen molar-refractivity contribution >= 4 is 11.5 Å². The van der Waals surface area contributed by atoms with Crippen molar-refractivity contribution in [3.05, 3.63) is 36.4 Å². The van der Waals surface area contributed by atoms with Crippen molar-refractivity contribution in [2.75, 3.05) is 0 Å². The molecule has 0 aromatic heterocycles. The lowest BCUT2D eigenvalue weighted by Crippen LogP contribution is -2.05. The summed E-state index contributed by atoms with van der Waals surface area (Å²) < 4.78 is 5.03. The van der Waals surface area contributed by atoms with Crippen LogP contribution in [-0.4, -0.2) is 5.97 Å². The van der Waals surface area contributed by atoms with Crippen LogP contribution in [0, 0.1) is 0 Å². The zero-order valence-corrected chi connectivity index (χ0v) is 8.54. The lowest BCUT2D eigenvalue weighted by molar-refractivity contribution is -0.134. The predicted molar refractivity (Wildman–Crippen MR) is 57.1 cm³/mol. The van der Waals surface area contributed by atoms with E-state index in [1.807, 2.05) is 19.1 Å². The van der Waals surface area contributed by atoms with Crippen molar-refractivity contribution < 1.29 is 9.53 Å². The fraction of sp³-hybridized carbons (Fsp3) is 0.250. The minimum Gasteiger partial charge on any atom is -0.427 e. The summed E-state index contributed by atoms with van der Waals surface area (Å²) in [4.78, 5) is 11.0. The van der Waals surface area contributed by atoms with E-state index >= 15 is 0 Å². The quantitative estimate of drug-likeness (QED) is 0.541. The van der Waals surface area contributed by atoms with Gasteiger partial charge in [-0.3, -0.25) is 4.79 Å². The minimum absolute atomic E-state index is 0.215. The molecule has 0 bridgehead atoms. The number of ether oxygens (including phenoxy) is 1. The summed E-state index contributed by atoms with van der Waals surface area (Å²) in [6.07, 6.45) is 0.391. The molecule has 0 aliphatic rings. The average Bonchev–Trinajstić information content (AvgIpc) is 2.18. The van der Waals surface area contributed by atoms with Gasteiger partial charge in [-0.15, -0.1) is 0 Å². The Labute approximate surface area is 84.2 Å². The SMILES string of the molecule is C=C(C)c1ccc(OC(=O)CC)cc1. The molecule has 2 nitrogen and oxygen atoms in total. The average molecular weight is 190 g/mol. The molecule has 0 aliphatic heterocycles. The molecule has 0 aliphatic carbocycles. The van der Waals surface area contributed by atoms with E-state index in [4.69, 9.17) is 4.74 Å². The highest BCUT2D eigenvalue weighted by atomic mass is 16.5. The van der Waals surface area contributed by atoms with Gasteiger partial charge >= 0.3 is 5.97 Å². The highest BCUT2D eigenvalue weighted by Crippen LogP contribution is 2.17. The number of hydrogen-bond acceptors (Lipinski definition) is 2. The Morgan fingerprint density at radius 3 is 2.36 bits per heavy atom. The topological polar surface area (TPSA) is 26.3 Å². The lowest BCUT2D eigenvalue weighted by Gasteiger charge is -2.03. The monoisotopic (exact) mass is 190 g/mol. The van der Waals surface area contributed by atoms with E-state index in [1.165, 1.54) is 0 Å². The van der Waals surface area contributed by atoms with Crippen LogP contribution in [0.2, 0.25) is 0 Å². The van der Waals surface area contributed by atoms with Crippen LogP contribution in [0.3, 0.4) is 0 Å². The summed E-state index contributed by atoms with van der Waals surface area (Å²) in [5.41, 5.74) is 2.06. The first kappa shape index (κ1) is 10.5. The van der Waals surface area contributed by atoms with E-state index in [1.54, 1.807) is 19.1 Å². The van der Waals surface area contributed by atoms with E-state index < -0.39 is 0 Å². The molecular formula is C12H14O2. The number of allylic oxidation sites excluding steroid dienone is 1. The lowest BCUT2D eigenvalue weighted by atomic mass is 10.1. The highest BCUT2D eigenvalue weighted by molar-refractivity contribution is 5.72. The molecule has 0 fully saturated rings. The van der Waals surface area contributed by atoms with Gasteiger partial charge < -0.3 is 4.74 Å². The Morgan fingerprint density at radius 1 is 1.36 bits per heavy atom. The first-order valence-corrected chi connectivity index (χ1v) is 4.60. The fourth-order valence-electron chi connectivity index (χ4n) is 1.01. The minimum atomic E-state index is -0.215. The zero-order chi connectivity index (χ0) is 10.6. The zero-order valence-electron chi connectivity index (χ0n) is 8.54. The van der Waals surface area contributed by atoms with Crippen molar-refractivity contribution in [2.45, 2.75) is 20.3 Å². The number of carbonyl (C=O) groups excluding carboxylic acids is 1. The second kappa shape index (κ2) is 4.61. The van der Waals surface area contributed by atoms with E-state index in [-0.39, 0.29) is 5.97 Å². The van der Waals surface area contributed by atoms with Crippen molar-refractivity contribution in [1.82, 2.24) is 0 Å². The molecule has 0 heterocycles. The normalized spacial score (nSPS) is 9.57. The molecule has 0 amide bonds. The smallest absolute Gasteiger partial charge is 0.310 e. The van der Waals surface area contributed by atoms with Gasteiger partial charge in [-0.05, 0) is 24.6 Å². The summed E-state index contributed by atoms with van der Waals surface area (Å²) in [6.45, 7) is 7.53. The van der Waals surface area contributed by atoms with Gasteiger partial charge in [0, 0.05) is 6.42 Å². The molecule has 0 atom stereocenters. The van der Waals surface area contributed by atoms with Gasteiger partial charge in [-0.1, -0.05) is 31.2 Å². The number of carbonyl (C=O) groups is 1. The maximum absolute atomic E-state index is 11.0. The third-order valence-electron chi connectivity index (χ3n) is 1.87. The number of esters is 1. The Kier molecular flexibility index (Phi) is 3.46. The standard InChI is InChI=1S/C12H14O2/c1-4-12(13)14-11-7-5-10(6-8-11)9(2)3/h5-8H,2,4H2,1,3H3. The van der Waals surface area contributed by atoms with Crippen LogP contribution >= 0.6 is 0 Å². The summed E-state index contributed by atoms with van der Waals surface area (Å²) in [5.74, 6) is 0.370. The van der Waals surface area contributed by atoms with Crippen LogP contribution in [0.15, 0.2) is 30.8 Å². The van der Waals surface area contributed by atoms with Crippen LogP contribution < -0.4 is 4.74 Å². The van der Waals surface area contributed by atoms with Gasteiger partial charge in [0.25, 0.3) is 0 Å². The van der Waals surface area contributed by atoms with Crippen molar-refractivity contribution in [2.24, 2.45) is 0 Å². The van der Waals surface area contributed by atoms with Crippen molar-refractivity contribution in [3.8, 4) is 5.75 Å². The van der Waals surface area contributed by atoms with Gasteiger partial charge in [0.1, 0.15) is 5.75 Å². The van der Waals surface area contributed by atoms with E-state index in [0.717, 1.165) is 11.1 Å². The first-order valence-electron chi connectivity index (χ1n) is 4.60. The van der Waals surface area contributed by atoms with E-state index in [0.29, 0.717) is 12.2 Å². The summed E-state index contributed by atoms with van der Waals surface area (Å²) in [6, 6.07) is 7.33. The Bertz CT molecular complexity index is 336. The van der Waals surface area contributed by atoms with Gasteiger partial charge in [0.2, 0.25) is 0 Å². The van der Waals surface area contributed by atoms with Crippen LogP contribution in [0.4, 0.5) is 0 Å². The second-order valence-electron chi connectivity index (χ2n) is 3.13. The third kappa shape index (κ3) is 2.73. The third-order valence-corrected chi connectivity index (χ3v) is 1.87. The summed E-state index contributed by atoms with van der Waals surface area (Å²) >= 11 is 0. The van der Waals surface area contributed by atoms with Crippen LogP contribution in [0.25, 0.3) is 5.57 Å². The second-order valence-corrected chi connectivity index (χ2v) is 3.13. The van der Waals surface area contributed by atoms with Crippen molar-refractivity contribution in [3.63, 3.8) is 0 Å². The number of benzene rings is 1. The van der Waals surface area contributed by atoms with Crippen LogP contribution in [0.5, 0.6) is 5.75 Å². The molecule has 1 aromatic rings. The molecule has 0 unspecified atom stereocenters. The first-order chi connectivity index (χ1) is 6.63. The molecule has 14 heavy (non-hydrogen) atoms. The Morgan fingerprint density at radius 2 is 1.93 bits per heavy atom. The van der Waals surface area contributed by atoms with Crippen LogP contribution in [0.1, 0.15) is 25.8 Å². The maximum Gasteiger partial charge on any atom is 0.310 e. The van der Waals surface area contributed by atoms with Gasteiger partial charge in [-0.25, -0.2) is 0 Å². The predicted octanol–water partition coefficient (Wildman–Crippen LogP) is 3.04. The maximum atomic E-state index is 11.0. The van der Waals surface area contributed by atoms with Crippen molar-refractivity contribution in [1.29, 1.82) is 0 Å².